The van der Waals surface area contributed by atoms with Crippen molar-refractivity contribution in [1.82, 2.24) is 14.5 Å². The first-order valence-corrected chi connectivity index (χ1v) is 6.50. The Hall–Kier alpha value is -0.830. The molecule has 0 aromatic carbocycles. The molecule has 3 nitrogen and oxygen atoms in total. The van der Waals surface area contributed by atoms with E-state index in [0.717, 1.165) is 6.54 Å². The topological polar surface area (TPSA) is 21.1 Å². The maximum Gasteiger partial charge on any atom is 0.0952 e. The van der Waals surface area contributed by atoms with Crippen LogP contribution in [0.1, 0.15) is 51.3 Å². The fourth-order valence-electron chi connectivity index (χ4n) is 2.27. The number of hydrogen-bond acceptors (Lipinski definition) is 2. The molecular formula is C13H23N3. The molecule has 0 atom stereocenters. The lowest BCUT2D eigenvalue weighted by Crippen LogP contribution is -2.24. The van der Waals surface area contributed by atoms with Gasteiger partial charge in [0, 0.05) is 18.8 Å². The first-order chi connectivity index (χ1) is 7.75. The molecule has 0 amide bonds. The summed E-state index contributed by atoms with van der Waals surface area (Å²) >= 11 is 0. The van der Waals surface area contributed by atoms with Gasteiger partial charge in [0.15, 0.2) is 0 Å². The van der Waals surface area contributed by atoms with Gasteiger partial charge >= 0.3 is 0 Å². The standard InChI is InChI=1S/C13H23N3/c1-12(2)16-10-13(14-11-16)9-15-7-5-3-4-6-8-15/h10-12H,3-9H2,1-2H3. The number of hydrogen-bond donors (Lipinski definition) is 0. The zero-order valence-corrected chi connectivity index (χ0v) is 10.5. The highest BCUT2D eigenvalue weighted by molar-refractivity contribution is 4.97. The van der Waals surface area contributed by atoms with Crippen molar-refractivity contribution >= 4 is 0 Å². The van der Waals surface area contributed by atoms with Gasteiger partial charge in [-0.3, -0.25) is 4.90 Å². The summed E-state index contributed by atoms with van der Waals surface area (Å²) in [7, 11) is 0. The summed E-state index contributed by atoms with van der Waals surface area (Å²) in [6, 6.07) is 0.519. The molecule has 1 aliphatic rings. The normalized spacial score (nSPS) is 18.9. The van der Waals surface area contributed by atoms with Gasteiger partial charge in [0.25, 0.3) is 0 Å². The molecule has 90 valence electrons. The molecular weight excluding hydrogens is 198 g/mol. The van der Waals surface area contributed by atoms with Crippen molar-refractivity contribution in [3.8, 4) is 0 Å². The molecule has 2 rings (SSSR count). The van der Waals surface area contributed by atoms with Gasteiger partial charge in [-0.2, -0.15) is 0 Å². The Morgan fingerprint density at radius 2 is 1.88 bits per heavy atom. The van der Waals surface area contributed by atoms with Crippen molar-refractivity contribution in [2.45, 2.75) is 52.1 Å². The van der Waals surface area contributed by atoms with Crippen LogP contribution in [0.25, 0.3) is 0 Å². The highest BCUT2D eigenvalue weighted by Gasteiger charge is 2.11. The van der Waals surface area contributed by atoms with Gasteiger partial charge in [-0.15, -0.1) is 0 Å². The lowest BCUT2D eigenvalue weighted by molar-refractivity contribution is 0.274. The quantitative estimate of drug-likeness (QED) is 0.782. The number of likely N-dealkylation sites (tertiary alicyclic amines) is 1. The second-order valence-corrected chi connectivity index (χ2v) is 5.10. The van der Waals surface area contributed by atoms with Crippen molar-refractivity contribution in [1.29, 1.82) is 0 Å². The second kappa shape index (κ2) is 5.48. The Balaban J connectivity index is 1.91. The largest absolute Gasteiger partial charge is 0.335 e. The Morgan fingerprint density at radius 3 is 2.44 bits per heavy atom. The van der Waals surface area contributed by atoms with Crippen LogP contribution in [0.5, 0.6) is 0 Å². The summed E-state index contributed by atoms with van der Waals surface area (Å²) in [4.78, 5) is 7.03. The van der Waals surface area contributed by atoms with Gasteiger partial charge in [0.05, 0.1) is 12.0 Å². The molecule has 16 heavy (non-hydrogen) atoms. The molecule has 0 N–H and O–H groups in total. The summed E-state index contributed by atoms with van der Waals surface area (Å²) in [6.07, 6.45) is 9.65. The second-order valence-electron chi connectivity index (χ2n) is 5.10. The van der Waals surface area contributed by atoms with Crippen molar-refractivity contribution in [2.24, 2.45) is 0 Å². The maximum atomic E-state index is 4.48. The van der Waals surface area contributed by atoms with E-state index < -0.39 is 0 Å². The number of imidazole rings is 1. The molecule has 0 aliphatic carbocycles. The first kappa shape index (κ1) is 11.6. The van der Waals surface area contributed by atoms with E-state index in [0.29, 0.717) is 6.04 Å². The average molecular weight is 221 g/mol. The molecule has 1 aliphatic heterocycles. The average Bonchev–Trinajstić information content (AvgIpc) is 2.56. The molecule has 0 bridgehead atoms. The van der Waals surface area contributed by atoms with E-state index in [9.17, 15) is 0 Å². The van der Waals surface area contributed by atoms with Crippen LogP contribution in [0.3, 0.4) is 0 Å². The van der Waals surface area contributed by atoms with E-state index in [1.54, 1.807) is 0 Å². The summed E-state index contributed by atoms with van der Waals surface area (Å²) < 4.78 is 2.19. The third-order valence-corrected chi connectivity index (χ3v) is 3.34. The molecule has 0 unspecified atom stereocenters. The highest BCUT2D eigenvalue weighted by atomic mass is 15.1. The van der Waals surface area contributed by atoms with E-state index in [2.05, 4.69) is 34.5 Å². The Labute approximate surface area is 98.5 Å². The molecule has 0 saturated carbocycles. The van der Waals surface area contributed by atoms with Crippen LogP contribution in [-0.4, -0.2) is 27.5 Å². The lowest BCUT2D eigenvalue weighted by atomic mass is 10.2. The van der Waals surface area contributed by atoms with Crippen LogP contribution in [0.15, 0.2) is 12.5 Å². The fourth-order valence-corrected chi connectivity index (χ4v) is 2.27. The molecule has 1 saturated heterocycles. The molecule has 1 aromatic rings. The van der Waals surface area contributed by atoms with E-state index in [-0.39, 0.29) is 0 Å². The van der Waals surface area contributed by atoms with Crippen molar-refractivity contribution in [3.05, 3.63) is 18.2 Å². The van der Waals surface area contributed by atoms with Gasteiger partial charge < -0.3 is 4.57 Å². The van der Waals surface area contributed by atoms with Crippen LogP contribution in [0.2, 0.25) is 0 Å². The zero-order valence-electron chi connectivity index (χ0n) is 10.5. The summed E-state index contributed by atoms with van der Waals surface area (Å²) in [6.45, 7) is 7.90. The number of aromatic nitrogens is 2. The van der Waals surface area contributed by atoms with Crippen LogP contribution < -0.4 is 0 Å². The molecule has 0 radical (unpaired) electrons. The van der Waals surface area contributed by atoms with Gasteiger partial charge in [-0.1, -0.05) is 12.8 Å². The first-order valence-electron chi connectivity index (χ1n) is 6.50. The molecule has 1 aromatic heterocycles. The lowest BCUT2D eigenvalue weighted by Gasteiger charge is -2.18. The maximum absolute atomic E-state index is 4.48. The van der Waals surface area contributed by atoms with Crippen molar-refractivity contribution < 1.29 is 0 Å². The predicted octanol–water partition coefficient (Wildman–Crippen LogP) is 2.84. The Bertz CT molecular complexity index is 309. The predicted molar refractivity (Wildman–Crippen MR) is 66.4 cm³/mol. The minimum Gasteiger partial charge on any atom is -0.335 e. The smallest absolute Gasteiger partial charge is 0.0952 e. The van der Waals surface area contributed by atoms with E-state index in [4.69, 9.17) is 0 Å². The Kier molecular flexibility index (Phi) is 3.99. The van der Waals surface area contributed by atoms with Crippen LogP contribution >= 0.6 is 0 Å². The van der Waals surface area contributed by atoms with Crippen LogP contribution in [0.4, 0.5) is 0 Å². The van der Waals surface area contributed by atoms with Gasteiger partial charge in [-0.05, 0) is 39.8 Å². The van der Waals surface area contributed by atoms with Crippen LogP contribution in [0, 0.1) is 0 Å². The number of rotatable bonds is 3. The summed E-state index contributed by atoms with van der Waals surface area (Å²) in [5.41, 5.74) is 1.22. The van der Waals surface area contributed by atoms with E-state index in [1.807, 2.05) is 6.33 Å². The number of nitrogens with zero attached hydrogens (tertiary/aromatic N) is 3. The molecule has 0 spiro atoms. The minimum absolute atomic E-state index is 0.519. The van der Waals surface area contributed by atoms with Gasteiger partial charge in [0.2, 0.25) is 0 Å². The van der Waals surface area contributed by atoms with E-state index in [1.165, 1.54) is 44.5 Å². The van der Waals surface area contributed by atoms with Crippen molar-refractivity contribution in [2.75, 3.05) is 13.1 Å². The third-order valence-electron chi connectivity index (χ3n) is 3.34. The minimum atomic E-state index is 0.519. The van der Waals surface area contributed by atoms with Gasteiger partial charge in [0.1, 0.15) is 0 Å². The molecule has 3 heteroatoms. The molecule has 2 heterocycles. The fraction of sp³-hybridized carbons (Fsp3) is 0.769. The zero-order chi connectivity index (χ0) is 11.4. The summed E-state index contributed by atoms with van der Waals surface area (Å²) in [5, 5.41) is 0. The van der Waals surface area contributed by atoms with Gasteiger partial charge in [-0.25, -0.2) is 4.98 Å². The SMILES string of the molecule is CC(C)n1cnc(CN2CCCCCC2)c1. The Morgan fingerprint density at radius 1 is 1.19 bits per heavy atom. The van der Waals surface area contributed by atoms with Crippen LogP contribution in [-0.2, 0) is 6.54 Å². The highest BCUT2D eigenvalue weighted by Crippen LogP contribution is 2.13. The summed E-state index contributed by atoms with van der Waals surface area (Å²) in [5.74, 6) is 0. The van der Waals surface area contributed by atoms with Crippen molar-refractivity contribution in [3.63, 3.8) is 0 Å². The molecule has 1 fully saturated rings. The monoisotopic (exact) mass is 221 g/mol. The third kappa shape index (κ3) is 3.08. The van der Waals surface area contributed by atoms with E-state index >= 15 is 0 Å².